The van der Waals surface area contributed by atoms with Gasteiger partial charge in [-0.15, -0.1) is 0 Å². The first kappa shape index (κ1) is 17.5. The topological polar surface area (TPSA) is 53.5 Å². The lowest BCUT2D eigenvalue weighted by molar-refractivity contribution is -0.135. The number of hydrogen-bond acceptors (Lipinski definition) is 3. The second-order valence-corrected chi connectivity index (χ2v) is 8.28. The first-order chi connectivity index (χ1) is 12.7. The summed E-state index contributed by atoms with van der Waals surface area (Å²) in [4.78, 5) is 33.8. The Labute approximate surface area is 155 Å². The molecule has 0 aromatic carbocycles. The second-order valence-electron chi connectivity index (χ2n) is 8.28. The summed E-state index contributed by atoms with van der Waals surface area (Å²) in [5, 5.41) is 0. The second kappa shape index (κ2) is 7.77. The van der Waals surface area contributed by atoms with Crippen LogP contribution in [0.2, 0.25) is 0 Å². The van der Waals surface area contributed by atoms with E-state index in [1.807, 2.05) is 11.0 Å². The number of amides is 2. The lowest BCUT2D eigenvalue weighted by Crippen LogP contribution is -2.47. The van der Waals surface area contributed by atoms with Crippen molar-refractivity contribution >= 4 is 11.8 Å². The van der Waals surface area contributed by atoms with E-state index >= 15 is 0 Å². The summed E-state index contributed by atoms with van der Waals surface area (Å²) >= 11 is 0. The van der Waals surface area contributed by atoms with Crippen LogP contribution in [0.25, 0.3) is 0 Å². The average molecular weight is 355 g/mol. The Hall–Kier alpha value is -1.91. The van der Waals surface area contributed by atoms with Gasteiger partial charge in [0, 0.05) is 44.5 Å². The zero-order chi connectivity index (χ0) is 17.9. The van der Waals surface area contributed by atoms with Crippen LogP contribution in [0.4, 0.5) is 0 Å². The average Bonchev–Trinajstić information content (AvgIpc) is 3.04. The fourth-order valence-electron chi connectivity index (χ4n) is 5.00. The summed E-state index contributed by atoms with van der Waals surface area (Å²) in [7, 11) is 0. The minimum Gasteiger partial charge on any atom is -0.338 e. The van der Waals surface area contributed by atoms with Crippen LogP contribution >= 0.6 is 0 Å². The SMILES string of the molecule is O=C(c1cccnc1)N1C[C@@H]2CC[C@H](C1)N(C(=O)CCC1CCCC1)C2. The van der Waals surface area contributed by atoms with Crippen molar-refractivity contribution in [3.8, 4) is 0 Å². The van der Waals surface area contributed by atoms with Crippen molar-refractivity contribution in [2.45, 2.75) is 57.4 Å². The molecule has 4 heterocycles. The van der Waals surface area contributed by atoms with Gasteiger partial charge in [-0.05, 0) is 43.2 Å². The number of nitrogens with zero attached hydrogens (tertiary/aromatic N) is 3. The molecule has 2 amide bonds. The molecule has 5 rings (SSSR count). The molecule has 2 atom stereocenters. The number of rotatable bonds is 4. The van der Waals surface area contributed by atoms with Crippen LogP contribution in [0.15, 0.2) is 24.5 Å². The van der Waals surface area contributed by atoms with E-state index in [0.29, 0.717) is 30.4 Å². The van der Waals surface area contributed by atoms with Gasteiger partial charge in [-0.2, -0.15) is 0 Å². The number of fused-ring (bicyclic) bond motifs is 4. The number of aromatic nitrogens is 1. The highest BCUT2D eigenvalue weighted by Gasteiger charge is 2.38. The Kier molecular flexibility index (Phi) is 5.23. The van der Waals surface area contributed by atoms with Crippen molar-refractivity contribution < 1.29 is 9.59 Å². The zero-order valence-electron chi connectivity index (χ0n) is 15.5. The van der Waals surface area contributed by atoms with Gasteiger partial charge in [-0.1, -0.05) is 25.7 Å². The van der Waals surface area contributed by atoms with Crippen LogP contribution < -0.4 is 0 Å². The summed E-state index contributed by atoms with van der Waals surface area (Å²) in [6.07, 6.45) is 12.5. The number of piperidine rings is 1. The monoisotopic (exact) mass is 355 g/mol. The smallest absolute Gasteiger partial charge is 0.255 e. The molecule has 1 aromatic rings. The Morgan fingerprint density at radius 1 is 1.08 bits per heavy atom. The predicted molar refractivity (Wildman–Crippen MR) is 99.6 cm³/mol. The van der Waals surface area contributed by atoms with Gasteiger partial charge >= 0.3 is 0 Å². The minimum atomic E-state index is 0.0512. The predicted octanol–water partition coefficient (Wildman–Crippen LogP) is 3.12. The van der Waals surface area contributed by atoms with Gasteiger partial charge in [0.15, 0.2) is 0 Å². The normalized spacial score (nSPS) is 26.2. The third-order valence-corrected chi connectivity index (χ3v) is 6.47. The van der Waals surface area contributed by atoms with Crippen molar-refractivity contribution in [3.63, 3.8) is 0 Å². The molecule has 1 saturated carbocycles. The lowest BCUT2D eigenvalue weighted by Gasteiger charge is -2.36. The van der Waals surface area contributed by atoms with E-state index in [0.717, 1.165) is 38.3 Å². The van der Waals surface area contributed by atoms with E-state index in [-0.39, 0.29) is 11.9 Å². The van der Waals surface area contributed by atoms with E-state index in [2.05, 4.69) is 9.88 Å². The minimum absolute atomic E-state index is 0.0512. The molecule has 5 heteroatoms. The maximum atomic E-state index is 12.9. The molecule has 0 unspecified atom stereocenters. The zero-order valence-corrected chi connectivity index (χ0v) is 15.5. The highest BCUT2D eigenvalue weighted by Crippen LogP contribution is 2.32. The fourth-order valence-corrected chi connectivity index (χ4v) is 5.00. The summed E-state index contributed by atoms with van der Waals surface area (Å²) in [6, 6.07) is 3.82. The number of hydrogen-bond donors (Lipinski definition) is 0. The summed E-state index contributed by atoms with van der Waals surface area (Å²) in [5.74, 6) is 1.52. The standard InChI is InChI=1S/C21H29N3O2/c25-20(10-8-16-4-1-2-5-16)24-14-17-7-9-19(24)15-23(13-17)21(26)18-6-3-11-22-12-18/h3,6,11-12,16-17,19H,1-2,4-5,7-10,13-15H2/t17-,19+/m0/s1. The van der Waals surface area contributed by atoms with Crippen LogP contribution in [-0.4, -0.2) is 52.3 Å². The molecule has 26 heavy (non-hydrogen) atoms. The molecule has 1 aromatic heterocycles. The highest BCUT2D eigenvalue weighted by molar-refractivity contribution is 5.94. The van der Waals surface area contributed by atoms with Gasteiger partial charge < -0.3 is 9.80 Å². The Morgan fingerprint density at radius 3 is 2.69 bits per heavy atom. The number of pyridine rings is 1. The van der Waals surface area contributed by atoms with Crippen LogP contribution in [-0.2, 0) is 4.79 Å². The molecule has 3 aliphatic heterocycles. The lowest BCUT2D eigenvalue weighted by atomic mass is 9.94. The fraction of sp³-hybridized carbons (Fsp3) is 0.667. The quantitative estimate of drug-likeness (QED) is 0.834. The van der Waals surface area contributed by atoms with Crippen molar-refractivity contribution in [1.82, 2.24) is 14.8 Å². The molecule has 0 radical (unpaired) electrons. The summed E-state index contributed by atoms with van der Waals surface area (Å²) in [6.45, 7) is 2.25. The maximum absolute atomic E-state index is 12.9. The first-order valence-electron chi connectivity index (χ1n) is 10.2. The molecule has 2 bridgehead atoms. The van der Waals surface area contributed by atoms with E-state index in [9.17, 15) is 9.59 Å². The van der Waals surface area contributed by atoms with Crippen LogP contribution in [0.5, 0.6) is 0 Å². The summed E-state index contributed by atoms with van der Waals surface area (Å²) in [5.41, 5.74) is 0.646. The third-order valence-electron chi connectivity index (χ3n) is 6.47. The van der Waals surface area contributed by atoms with Crippen molar-refractivity contribution in [3.05, 3.63) is 30.1 Å². The molecule has 4 aliphatic rings. The molecule has 0 N–H and O–H groups in total. The molecule has 140 valence electrons. The maximum Gasteiger partial charge on any atom is 0.255 e. The van der Waals surface area contributed by atoms with Gasteiger partial charge in [0.1, 0.15) is 0 Å². The molecular weight excluding hydrogens is 326 g/mol. The first-order valence-corrected chi connectivity index (χ1v) is 10.2. The van der Waals surface area contributed by atoms with Crippen LogP contribution in [0.3, 0.4) is 0 Å². The van der Waals surface area contributed by atoms with E-state index in [1.165, 1.54) is 25.7 Å². The van der Waals surface area contributed by atoms with E-state index in [4.69, 9.17) is 0 Å². The van der Waals surface area contributed by atoms with Crippen molar-refractivity contribution in [2.75, 3.05) is 19.6 Å². The number of carbonyl (C=O) groups is 2. The van der Waals surface area contributed by atoms with Gasteiger partial charge in [0.2, 0.25) is 5.91 Å². The van der Waals surface area contributed by atoms with Crippen LogP contribution in [0.1, 0.15) is 61.7 Å². The molecule has 1 aliphatic carbocycles. The van der Waals surface area contributed by atoms with E-state index in [1.54, 1.807) is 18.5 Å². The Morgan fingerprint density at radius 2 is 1.92 bits per heavy atom. The van der Waals surface area contributed by atoms with Gasteiger partial charge in [0.25, 0.3) is 5.91 Å². The Bertz CT molecular complexity index is 642. The number of carbonyl (C=O) groups excluding carboxylic acids is 2. The van der Waals surface area contributed by atoms with Crippen molar-refractivity contribution in [2.24, 2.45) is 11.8 Å². The largest absolute Gasteiger partial charge is 0.338 e. The van der Waals surface area contributed by atoms with Gasteiger partial charge in [-0.3, -0.25) is 14.6 Å². The molecule has 0 spiro atoms. The van der Waals surface area contributed by atoms with E-state index < -0.39 is 0 Å². The molecule has 3 saturated heterocycles. The van der Waals surface area contributed by atoms with Crippen molar-refractivity contribution in [1.29, 1.82) is 0 Å². The van der Waals surface area contributed by atoms with Gasteiger partial charge in [0.05, 0.1) is 5.56 Å². The highest BCUT2D eigenvalue weighted by atomic mass is 16.2. The molecular formula is C21H29N3O2. The summed E-state index contributed by atoms with van der Waals surface area (Å²) < 4.78 is 0. The van der Waals surface area contributed by atoms with Crippen LogP contribution in [0, 0.1) is 11.8 Å². The Balaban J connectivity index is 1.39. The third kappa shape index (κ3) is 3.76. The van der Waals surface area contributed by atoms with Gasteiger partial charge in [-0.25, -0.2) is 0 Å². The molecule has 5 nitrogen and oxygen atoms in total. The molecule has 4 fully saturated rings.